The summed E-state index contributed by atoms with van der Waals surface area (Å²) in [7, 11) is 0. The highest BCUT2D eigenvalue weighted by atomic mass is 32.2. The number of nitrogens with zero attached hydrogens (tertiary/aromatic N) is 2. The van der Waals surface area contributed by atoms with Gasteiger partial charge in [-0.25, -0.2) is 4.79 Å². The maximum atomic E-state index is 13.8. The summed E-state index contributed by atoms with van der Waals surface area (Å²) in [6.45, 7) is 7.44. The Bertz CT molecular complexity index is 1980. The van der Waals surface area contributed by atoms with Crippen molar-refractivity contribution < 1.29 is 34.3 Å². The quantitative estimate of drug-likeness (QED) is 0.191. The number of hydrogen-bond acceptors (Lipinski definition) is 7. The van der Waals surface area contributed by atoms with Crippen molar-refractivity contribution in [1.29, 1.82) is 0 Å². The highest BCUT2D eigenvalue weighted by Gasteiger charge is 2.48. The van der Waals surface area contributed by atoms with Crippen molar-refractivity contribution in [2.45, 2.75) is 61.9 Å². The van der Waals surface area contributed by atoms with Crippen LogP contribution in [0.1, 0.15) is 73.3 Å². The number of allylic oxidation sites excluding steroid dienone is 7. The molecule has 8 nitrogen and oxygen atoms in total. The molecule has 2 aromatic carbocycles. The summed E-state index contributed by atoms with van der Waals surface area (Å²) >= 11 is 3.52. The van der Waals surface area contributed by atoms with Crippen LogP contribution in [0.3, 0.4) is 0 Å². The van der Waals surface area contributed by atoms with Crippen LogP contribution in [0.5, 0.6) is 0 Å². The molecule has 1 aliphatic carbocycles. The highest BCUT2D eigenvalue weighted by Crippen LogP contribution is 2.51. The van der Waals surface area contributed by atoms with Crippen molar-refractivity contribution in [2.24, 2.45) is 0 Å². The largest absolute Gasteiger partial charge is 0.506 e. The van der Waals surface area contributed by atoms with Crippen molar-refractivity contribution in [3.8, 4) is 0 Å². The normalized spacial score (nSPS) is 25.0. The summed E-state index contributed by atoms with van der Waals surface area (Å²) in [6.07, 6.45) is 9.40. The predicted octanol–water partition coefficient (Wildman–Crippen LogP) is 7.62. The van der Waals surface area contributed by atoms with Crippen molar-refractivity contribution in [2.75, 3.05) is 18.0 Å². The molecule has 0 fully saturated rings. The second-order valence-corrected chi connectivity index (χ2v) is 16.0. The zero-order chi connectivity index (χ0) is 34.1. The maximum Gasteiger partial charge on any atom is 0.370 e. The Morgan fingerprint density at radius 2 is 1.52 bits per heavy atom. The lowest BCUT2D eigenvalue weighted by Crippen LogP contribution is -2.33. The molecule has 0 spiro atoms. The van der Waals surface area contributed by atoms with Gasteiger partial charge >= 0.3 is 11.9 Å². The van der Waals surface area contributed by atoms with Gasteiger partial charge in [-0.15, -0.1) is 23.5 Å². The lowest BCUT2D eigenvalue weighted by molar-refractivity contribution is -0.428. The number of thioether (sulfide) groups is 2. The summed E-state index contributed by atoms with van der Waals surface area (Å²) in [5.74, 6) is -2.58. The lowest BCUT2D eigenvalue weighted by atomic mass is 9.77. The molecule has 7 rings (SSSR count). The SMILES string of the molecule is CC1(C)C(=CC2=C(O)/C(=C/C3=[N+](CC(=O)O)c4ccc(C5CC=CS5)cc4C3(C)C)C2=O)N(CC(=O)O)c2ccc(C3CC=CS3)cc21. The lowest BCUT2D eigenvalue weighted by Gasteiger charge is -2.28. The molecule has 4 heterocycles. The van der Waals surface area contributed by atoms with Gasteiger partial charge in [0.1, 0.15) is 12.3 Å². The van der Waals surface area contributed by atoms with Gasteiger partial charge in [0.05, 0.1) is 16.6 Å². The van der Waals surface area contributed by atoms with Crippen LogP contribution in [-0.4, -0.2) is 56.4 Å². The van der Waals surface area contributed by atoms with E-state index < -0.39 is 22.8 Å². The molecule has 48 heavy (non-hydrogen) atoms. The fourth-order valence-corrected chi connectivity index (χ4v) is 9.38. The first kappa shape index (κ1) is 32.3. The second-order valence-electron chi connectivity index (χ2n) is 13.8. The minimum absolute atomic E-state index is 0.107. The third kappa shape index (κ3) is 5.17. The van der Waals surface area contributed by atoms with Crippen molar-refractivity contribution in [1.82, 2.24) is 0 Å². The van der Waals surface area contributed by atoms with Gasteiger partial charge in [0.15, 0.2) is 5.71 Å². The van der Waals surface area contributed by atoms with E-state index >= 15 is 0 Å². The van der Waals surface area contributed by atoms with E-state index in [4.69, 9.17) is 0 Å². The van der Waals surface area contributed by atoms with E-state index in [0.29, 0.717) is 21.9 Å². The number of Topliss-reactive ketones (excluding diaryl/α,β-unsaturated/α-hetero) is 1. The Morgan fingerprint density at radius 3 is 2.08 bits per heavy atom. The van der Waals surface area contributed by atoms with Crippen LogP contribution >= 0.6 is 23.5 Å². The average molecular weight is 682 g/mol. The zero-order valence-electron chi connectivity index (χ0n) is 27.2. The number of aliphatic hydroxyl groups excluding tert-OH is 1. The van der Waals surface area contributed by atoms with E-state index in [2.05, 4.69) is 35.1 Å². The number of rotatable bonds is 8. The van der Waals surface area contributed by atoms with Gasteiger partial charge in [-0.05, 0) is 72.4 Å². The number of hydrogen-bond donors (Lipinski definition) is 3. The van der Waals surface area contributed by atoms with Gasteiger partial charge in [0.2, 0.25) is 18.0 Å². The fourth-order valence-electron chi connectivity index (χ4n) is 7.50. The second kappa shape index (κ2) is 11.7. The number of anilines is 1. The van der Waals surface area contributed by atoms with Crippen LogP contribution in [0, 0.1) is 0 Å². The van der Waals surface area contributed by atoms with Crippen LogP contribution < -0.4 is 4.90 Å². The first-order chi connectivity index (χ1) is 22.8. The Balaban J connectivity index is 1.27. The molecule has 2 unspecified atom stereocenters. The number of fused-ring (bicyclic) bond motifs is 2. The molecular formula is C38H37N2O6S2+. The van der Waals surface area contributed by atoms with Gasteiger partial charge in [0.25, 0.3) is 0 Å². The first-order valence-electron chi connectivity index (χ1n) is 16.0. The summed E-state index contributed by atoms with van der Waals surface area (Å²) in [5, 5.41) is 35.9. The summed E-state index contributed by atoms with van der Waals surface area (Å²) < 4.78 is 1.71. The maximum absolute atomic E-state index is 13.8. The number of carbonyl (C=O) groups is 3. The molecule has 2 atom stereocenters. The van der Waals surface area contributed by atoms with Crippen LogP contribution in [0.15, 0.2) is 94.1 Å². The topological polar surface area (TPSA) is 118 Å². The van der Waals surface area contributed by atoms with Gasteiger partial charge in [-0.1, -0.05) is 44.2 Å². The monoisotopic (exact) mass is 681 g/mol. The third-order valence-corrected chi connectivity index (χ3v) is 12.4. The Morgan fingerprint density at radius 1 is 0.896 bits per heavy atom. The number of benzene rings is 2. The van der Waals surface area contributed by atoms with Gasteiger partial charge in [-0.2, -0.15) is 4.58 Å². The molecule has 0 saturated carbocycles. The van der Waals surface area contributed by atoms with Gasteiger partial charge in [-0.3, -0.25) is 9.59 Å². The van der Waals surface area contributed by atoms with E-state index in [1.165, 1.54) is 0 Å². The van der Waals surface area contributed by atoms with Crippen LogP contribution in [0.25, 0.3) is 0 Å². The number of carbonyl (C=O) groups excluding carboxylic acids is 1. The standard InChI is InChI=1S/C38H36N2O6S2/c1-37(2)25-15-21(29-7-5-13-47-29)9-11-27(25)39(19-33(41)42)31(37)17-23-35(45)24(36(23)46)18-32-38(3,4)26-16-22(30-8-6-14-48-30)10-12-28(26)40(32)20-34(43)44/h5-6,9-18,29-30H,7-8,19-20H2,1-4H3,(H2-,41,42,43,44,45,46)/p+1. The number of carboxylic acids is 2. The number of aliphatic carboxylic acids is 2. The summed E-state index contributed by atoms with van der Waals surface area (Å²) in [4.78, 5) is 39.6. The molecule has 3 N–H and O–H groups in total. The molecule has 0 amide bonds. The van der Waals surface area contributed by atoms with Crippen molar-refractivity contribution in [3.63, 3.8) is 0 Å². The van der Waals surface area contributed by atoms with E-state index in [-0.39, 0.29) is 35.8 Å². The minimum atomic E-state index is -1.01. The molecule has 0 aromatic heterocycles. The Hall–Kier alpha value is -4.28. The van der Waals surface area contributed by atoms with Crippen LogP contribution in [0.4, 0.5) is 11.4 Å². The number of aliphatic hydroxyl groups is 1. The Labute approximate surface area is 287 Å². The van der Waals surface area contributed by atoms with Gasteiger partial charge in [0, 0.05) is 45.0 Å². The molecule has 2 aromatic rings. The van der Waals surface area contributed by atoms with E-state index in [1.807, 2.05) is 52.0 Å². The average Bonchev–Trinajstić information content (AvgIpc) is 3.83. The molecular weight excluding hydrogens is 645 g/mol. The van der Waals surface area contributed by atoms with Crippen LogP contribution in [0.2, 0.25) is 0 Å². The molecule has 5 aliphatic rings. The summed E-state index contributed by atoms with van der Waals surface area (Å²) in [6, 6.07) is 12.3. The number of ketones is 1. The molecule has 4 aliphatic heterocycles. The summed E-state index contributed by atoms with van der Waals surface area (Å²) in [5.41, 5.74) is 5.97. The van der Waals surface area contributed by atoms with E-state index in [9.17, 15) is 29.7 Å². The van der Waals surface area contributed by atoms with Crippen molar-refractivity contribution >= 4 is 58.3 Å². The first-order valence-corrected chi connectivity index (χ1v) is 17.9. The van der Waals surface area contributed by atoms with Crippen LogP contribution in [-0.2, 0) is 25.2 Å². The molecule has 0 radical (unpaired) electrons. The van der Waals surface area contributed by atoms with Gasteiger partial charge < -0.3 is 20.2 Å². The zero-order valence-corrected chi connectivity index (χ0v) is 28.8. The third-order valence-electron chi connectivity index (χ3n) is 10.1. The van der Waals surface area contributed by atoms with E-state index in [0.717, 1.165) is 46.5 Å². The molecule has 10 heteroatoms. The molecule has 0 bridgehead atoms. The predicted molar refractivity (Wildman–Crippen MR) is 190 cm³/mol. The highest BCUT2D eigenvalue weighted by molar-refractivity contribution is 8.02. The fraction of sp³-hybridized carbons (Fsp3) is 0.316. The molecule has 246 valence electrons. The van der Waals surface area contributed by atoms with Crippen molar-refractivity contribution in [3.05, 3.63) is 116 Å². The smallest absolute Gasteiger partial charge is 0.370 e. The minimum Gasteiger partial charge on any atom is -0.506 e. The number of carboxylic acid groups (broad SMARTS) is 2. The van der Waals surface area contributed by atoms with E-state index in [1.54, 1.807) is 45.2 Å². The Kier molecular flexibility index (Phi) is 7.87. The molecule has 0 saturated heterocycles.